The summed E-state index contributed by atoms with van der Waals surface area (Å²) < 4.78 is 0.478. The third-order valence-electron chi connectivity index (χ3n) is 2.44. The molecule has 2 aromatic heterocycles. The standard InChI is InChI=1S/C10H7N5O2/c11-15-9(16)7-8(14-10(15)17)13-6-4-2-1-3-5(6)12-7/h1-4H,11H2,(H,13,14,17). The van der Waals surface area contributed by atoms with Gasteiger partial charge in [0.2, 0.25) is 0 Å². The summed E-state index contributed by atoms with van der Waals surface area (Å²) in [5.41, 5.74) is -0.0192. The molecule has 0 saturated heterocycles. The molecular formula is C10H7N5O2. The van der Waals surface area contributed by atoms with Crippen molar-refractivity contribution in [2.45, 2.75) is 0 Å². The van der Waals surface area contributed by atoms with Crippen molar-refractivity contribution in [3.63, 3.8) is 0 Å². The quantitative estimate of drug-likeness (QED) is 0.393. The van der Waals surface area contributed by atoms with Crippen molar-refractivity contribution in [2.75, 3.05) is 5.84 Å². The van der Waals surface area contributed by atoms with Gasteiger partial charge in [0, 0.05) is 0 Å². The number of para-hydroxylation sites is 2. The number of aromatic nitrogens is 4. The molecule has 0 aliphatic rings. The number of rotatable bonds is 0. The number of nitrogens with zero attached hydrogens (tertiary/aromatic N) is 3. The molecule has 0 fully saturated rings. The van der Waals surface area contributed by atoms with Gasteiger partial charge in [0.25, 0.3) is 0 Å². The van der Waals surface area contributed by atoms with Crippen LogP contribution >= 0.6 is 0 Å². The number of benzene rings is 1. The highest BCUT2D eigenvalue weighted by Gasteiger charge is 2.08. The molecular weight excluding hydrogens is 222 g/mol. The number of nitrogens with one attached hydrogen (secondary N) is 1. The maximum atomic E-state index is 11.7. The lowest BCUT2D eigenvalue weighted by molar-refractivity contribution is 0.848. The Bertz CT molecular complexity index is 849. The van der Waals surface area contributed by atoms with E-state index in [0.717, 1.165) is 0 Å². The minimum atomic E-state index is -0.716. The van der Waals surface area contributed by atoms with Crippen molar-refractivity contribution in [3.05, 3.63) is 45.1 Å². The molecule has 2 heterocycles. The van der Waals surface area contributed by atoms with Gasteiger partial charge in [-0.15, -0.1) is 0 Å². The molecule has 7 nitrogen and oxygen atoms in total. The van der Waals surface area contributed by atoms with Crippen molar-refractivity contribution < 1.29 is 0 Å². The van der Waals surface area contributed by atoms with E-state index >= 15 is 0 Å². The van der Waals surface area contributed by atoms with Gasteiger partial charge in [-0.1, -0.05) is 12.1 Å². The summed E-state index contributed by atoms with van der Waals surface area (Å²) in [7, 11) is 0. The minimum absolute atomic E-state index is 0.0470. The summed E-state index contributed by atoms with van der Waals surface area (Å²) in [5, 5.41) is 0. The molecule has 0 radical (unpaired) electrons. The number of aromatic amines is 1. The van der Waals surface area contributed by atoms with Crippen LogP contribution in [0.5, 0.6) is 0 Å². The molecule has 0 unspecified atom stereocenters. The highest BCUT2D eigenvalue weighted by Crippen LogP contribution is 2.10. The summed E-state index contributed by atoms with van der Waals surface area (Å²) >= 11 is 0. The Kier molecular flexibility index (Phi) is 1.76. The van der Waals surface area contributed by atoms with E-state index in [1.807, 2.05) is 0 Å². The zero-order valence-corrected chi connectivity index (χ0v) is 8.54. The van der Waals surface area contributed by atoms with E-state index in [1.165, 1.54) is 0 Å². The number of fused-ring (bicyclic) bond motifs is 2. The molecule has 0 aliphatic heterocycles. The van der Waals surface area contributed by atoms with Gasteiger partial charge in [-0.05, 0) is 12.1 Å². The Labute approximate surface area is 93.5 Å². The maximum absolute atomic E-state index is 11.7. The van der Waals surface area contributed by atoms with Crippen molar-refractivity contribution >= 4 is 22.2 Å². The van der Waals surface area contributed by atoms with Crippen LogP contribution in [-0.2, 0) is 0 Å². The predicted octanol–water partition coefficient (Wildman–Crippen LogP) is -0.653. The lowest BCUT2D eigenvalue weighted by atomic mass is 10.3. The third-order valence-corrected chi connectivity index (χ3v) is 2.44. The average Bonchev–Trinajstić information content (AvgIpc) is 2.34. The van der Waals surface area contributed by atoms with Crippen LogP contribution in [0.1, 0.15) is 0 Å². The van der Waals surface area contributed by atoms with Crippen LogP contribution in [-0.4, -0.2) is 19.6 Å². The molecule has 0 aliphatic carbocycles. The van der Waals surface area contributed by atoms with Gasteiger partial charge in [0.05, 0.1) is 11.0 Å². The number of nitrogens with two attached hydrogens (primary N) is 1. The molecule has 17 heavy (non-hydrogen) atoms. The topological polar surface area (TPSA) is 107 Å². The molecule has 84 valence electrons. The number of nitrogen functional groups attached to an aromatic ring is 1. The summed E-state index contributed by atoms with van der Waals surface area (Å²) in [4.78, 5) is 33.7. The first-order valence-corrected chi connectivity index (χ1v) is 4.84. The van der Waals surface area contributed by atoms with Gasteiger partial charge in [0.15, 0.2) is 11.2 Å². The van der Waals surface area contributed by atoms with Gasteiger partial charge in [-0.2, -0.15) is 4.68 Å². The lowest BCUT2D eigenvalue weighted by Gasteiger charge is -2.01. The molecule has 7 heteroatoms. The molecule has 0 atom stereocenters. The van der Waals surface area contributed by atoms with E-state index in [9.17, 15) is 9.59 Å². The van der Waals surface area contributed by atoms with Crippen LogP contribution in [0.15, 0.2) is 33.9 Å². The first-order chi connectivity index (χ1) is 8.16. The van der Waals surface area contributed by atoms with E-state index in [2.05, 4.69) is 15.0 Å². The van der Waals surface area contributed by atoms with Gasteiger partial charge in [0.1, 0.15) is 0 Å². The summed E-state index contributed by atoms with van der Waals surface area (Å²) in [5.74, 6) is 5.28. The van der Waals surface area contributed by atoms with Crippen LogP contribution in [0.4, 0.5) is 0 Å². The van der Waals surface area contributed by atoms with Crippen molar-refractivity contribution in [1.29, 1.82) is 0 Å². The summed E-state index contributed by atoms with van der Waals surface area (Å²) in [6.45, 7) is 0. The second-order valence-corrected chi connectivity index (χ2v) is 3.51. The van der Waals surface area contributed by atoms with Crippen molar-refractivity contribution in [2.24, 2.45) is 0 Å². The van der Waals surface area contributed by atoms with Crippen LogP contribution in [0.25, 0.3) is 22.2 Å². The highest BCUT2D eigenvalue weighted by molar-refractivity contribution is 5.83. The molecule has 3 aromatic rings. The smallest absolute Gasteiger partial charge is 0.332 e. The molecule has 3 N–H and O–H groups in total. The van der Waals surface area contributed by atoms with Crippen LogP contribution in [0, 0.1) is 0 Å². The normalized spacial score (nSPS) is 11.1. The molecule has 0 spiro atoms. The Morgan fingerprint density at radius 3 is 2.47 bits per heavy atom. The van der Waals surface area contributed by atoms with Gasteiger partial charge >= 0.3 is 11.2 Å². The third kappa shape index (κ3) is 1.29. The van der Waals surface area contributed by atoms with Crippen LogP contribution < -0.4 is 17.1 Å². The first-order valence-electron chi connectivity index (χ1n) is 4.84. The van der Waals surface area contributed by atoms with Crippen LogP contribution in [0.2, 0.25) is 0 Å². The van der Waals surface area contributed by atoms with E-state index < -0.39 is 11.2 Å². The molecule has 0 saturated carbocycles. The zero-order valence-electron chi connectivity index (χ0n) is 8.54. The molecule has 1 aromatic carbocycles. The monoisotopic (exact) mass is 229 g/mol. The Balaban J connectivity index is 2.62. The number of hydrogen-bond donors (Lipinski definition) is 2. The summed E-state index contributed by atoms with van der Waals surface area (Å²) in [6.07, 6.45) is 0. The van der Waals surface area contributed by atoms with Crippen molar-refractivity contribution in [3.8, 4) is 0 Å². The van der Waals surface area contributed by atoms with E-state index in [-0.39, 0.29) is 11.2 Å². The van der Waals surface area contributed by atoms with Gasteiger partial charge in [-0.3, -0.25) is 9.78 Å². The van der Waals surface area contributed by atoms with E-state index in [4.69, 9.17) is 5.84 Å². The average molecular weight is 229 g/mol. The molecule has 0 amide bonds. The second-order valence-electron chi connectivity index (χ2n) is 3.51. The van der Waals surface area contributed by atoms with Gasteiger partial charge in [-0.25, -0.2) is 14.8 Å². The minimum Gasteiger partial charge on any atom is -0.332 e. The second kappa shape index (κ2) is 3.14. The van der Waals surface area contributed by atoms with Gasteiger partial charge < -0.3 is 5.84 Å². The lowest BCUT2D eigenvalue weighted by Crippen LogP contribution is -2.41. The largest absolute Gasteiger partial charge is 0.348 e. The SMILES string of the molecule is Nn1c(=O)[nH]c2nc3ccccc3nc2c1=O. The number of hydrogen-bond acceptors (Lipinski definition) is 5. The number of H-pyrrole nitrogens is 1. The fraction of sp³-hybridized carbons (Fsp3) is 0. The Hall–Kier alpha value is -2.70. The molecule has 0 bridgehead atoms. The van der Waals surface area contributed by atoms with Crippen molar-refractivity contribution in [1.82, 2.24) is 19.6 Å². The van der Waals surface area contributed by atoms with E-state index in [1.54, 1.807) is 24.3 Å². The van der Waals surface area contributed by atoms with Crippen LogP contribution in [0.3, 0.4) is 0 Å². The maximum Gasteiger partial charge on any atom is 0.348 e. The summed E-state index contributed by atoms with van der Waals surface area (Å²) in [6, 6.07) is 7.06. The molecule has 3 rings (SSSR count). The fourth-order valence-corrected chi connectivity index (χ4v) is 1.60. The van der Waals surface area contributed by atoms with E-state index in [0.29, 0.717) is 15.7 Å². The fourth-order valence-electron chi connectivity index (χ4n) is 1.60. The Morgan fingerprint density at radius 2 is 1.76 bits per heavy atom. The first kappa shape index (κ1) is 9.52. The Morgan fingerprint density at radius 1 is 1.12 bits per heavy atom. The highest BCUT2D eigenvalue weighted by atomic mass is 16.2. The predicted molar refractivity (Wildman–Crippen MR) is 62.1 cm³/mol. The zero-order chi connectivity index (χ0) is 12.0.